The van der Waals surface area contributed by atoms with E-state index in [9.17, 15) is 13.9 Å². The third-order valence-electron chi connectivity index (χ3n) is 2.30. The fourth-order valence-electron chi connectivity index (χ4n) is 1.49. The van der Waals surface area contributed by atoms with Gasteiger partial charge in [0.15, 0.2) is 0 Å². The molecule has 1 aromatic rings. The molecule has 2 unspecified atom stereocenters. The van der Waals surface area contributed by atoms with E-state index in [-0.39, 0.29) is 10.1 Å². The largest absolute Gasteiger partial charge is 0.391 e. The SMILES string of the molecule is OC1CNCC1Sc1cc(F)ccc1F. The number of aliphatic hydroxyl groups excluding tert-OH is 1. The maximum absolute atomic E-state index is 13.3. The highest BCUT2D eigenvalue weighted by Gasteiger charge is 2.26. The van der Waals surface area contributed by atoms with E-state index < -0.39 is 17.7 Å². The van der Waals surface area contributed by atoms with Gasteiger partial charge in [-0.05, 0) is 18.2 Å². The van der Waals surface area contributed by atoms with Gasteiger partial charge in [0, 0.05) is 23.2 Å². The van der Waals surface area contributed by atoms with Gasteiger partial charge in [0.25, 0.3) is 0 Å². The number of hydrogen-bond donors (Lipinski definition) is 2. The molecule has 0 bridgehead atoms. The van der Waals surface area contributed by atoms with Gasteiger partial charge in [0.2, 0.25) is 0 Å². The maximum atomic E-state index is 13.3. The lowest BCUT2D eigenvalue weighted by atomic mass is 10.3. The molecule has 0 saturated carbocycles. The molecular weight excluding hydrogens is 220 g/mol. The molecule has 1 aliphatic heterocycles. The molecule has 1 heterocycles. The van der Waals surface area contributed by atoms with Gasteiger partial charge in [-0.1, -0.05) is 0 Å². The van der Waals surface area contributed by atoms with Crippen LogP contribution in [-0.4, -0.2) is 29.5 Å². The van der Waals surface area contributed by atoms with Crippen LogP contribution < -0.4 is 5.32 Å². The number of halogens is 2. The Bertz CT molecular complexity index is 361. The Balaban J connectivity index is 2.12. The summed E-state index contributed by atoms with van der Waals surface area (Å²) >= 11 is 1.17. The van der Waals surface area contributed by atoms with Gasteiger partial charge in [-0.3, -0.25) is 0 Å². The van der Waals surface area contributed by atoms with Crippen molar-refractivity contribution in [1.29, 1.82) is 0 Å². The molecule has 2 N–H and O–H groups in total. The first-order valence-corrected chi connectivity index (χ1v) is 5.55. The highest BCUT2D eigenvalue weighted by Crippen LogP contribution is 2.29. The molecule has 0 aliphatic carbocycles. The van der Waals surface area contributed by atoms with Crippen LogP contribution in [0.5, 0.6) is 0 Å². The number of rotatable bonds is 2. The molecule has 15 heavy (non-hydrogen) atoms. The topological polar surface area (TPSA) is 32.3 Å². The van der Waals surface area contributed by atoms with E-state index in [1.807, 2.05) is 0 Å². The molecular formula is C10H11F2NOS. The van der Waals surface area contributed by atoms with Crippen LogP contribution in [0.25, 0.3) is 0 Å². The van der Waals surface area contributed by atoms with Gasteiger partial charge in [-0.2, -0.15) is 0 Å². The highest BCUT2D eigenvalue weighted by molar-refractivity contribution is 8.00. The fourth-order valence-corrected chi connectivity index (χ4v) is 2.63. The van der Waals surface area contributed by atoms with Crippen LogP contribution in [0.15, 0.2) is 23.1 Å². The summed E-state index contributed by atoms with van der Waals surface area (Å²) in [5.74, 6) is -0.903. The molecule has 82 valence electrons. The van der Waals surface area contributed by atoms with Crippen molar-refractivity contribution in [1.82, 2.24) is 5.32 Å². The number of β-amino-alcohol motifs (C(OH)–C–C–N with tert-alkyl or cyclic N) is 1. The Morgan fingerprint density at radius 1 is 1.33 bits per heavy atom. The zero-order valence-corrected chi connectivity index (χ0v) is 8.73. The summed E-state index contributed by atoms with van der Waals surface area (Å²) in [7, 11) is 0. The molecule has 2 atom stereocenters. The molecule has 0 amide bonds. The van der Waals surface area contributed by atoms with Crippen molar-refractivity contribution < 1.29 is 13.9 Å². The van der Waals surface area contributed by atoms with Crippen LogP contribution in [0.3, 0.4) is 0 Å². The van der Waals surface area contributed by atoms with Crippen LogP contribution in [0.4, 0.5) is 8.78 Å². The van der Waals surface area contributed by atoms with Crippen molar-refractivity contribution in [3.05, 3.63) is 29.8 Å². The van der Waals surface area contributed by atoms with E-state index in [0.29, 0.717) is 13.1 Å². The maximum Gasteiger partial charge on any atom is 0.136 e. The van der Waals surface area contributed by atoms with Crippen molar-refractivity contribution in [2.45, 2.75) is 16.2 Å². The summed E-state index contributed by atoms with van der Waals surface area (Å²) in [6, 6.07) is 3.35. The predicted molar refractivity (Wildman–Crippen MR) is 54.9 cm³/mol. The van der Waals surface area contributed by atoms with Crippen LogP contribution in [0.2, 0.25) is 0 Å². The molecule has 5 heteroatoms. The van der Waals surface area contributed by atoms with Crippen LogP contribution in [-0.2, 0) is 0 Å². The molecule has 1 aromatic carbocycles. The normalized spacial score (nSPS) is 25.8. The second kappa shape index (κ2) is 4.47. The first-order valence-electron chi connectivity index (χ1n) is 4.67. The molecule has 1 fully saturated rings. The third kappa shape index (κ3) is 2.48. The molecule has 1 aliphatic rings. The van der Waals surface area contributed by atoms with Crippen molar-refractivity contribution >= 4 is 11.8 Å². The molecule has 0 radical (unpaired) electrons. The standard InChI is InChI=1S/C10H11F2NOS/c11-6-1-2-7(12)9(3-6)15-10-5-13-4-8(10)14/h1-3,8,10,13-14H,4-5H2. The van der Waals surface area contributed by atoms with Crippen LogP contribution in [0, 0.1) is 11.6 Å². The first kappa shape index (κ1) is 10.9. The van der Waals surface area contributed by atoms with Crippen molar-refractivity contribution in [2.75, 3.05) is 13.1 Å². The number of benzene rings is 1. The Morgan fingerprint density at radius 2 is 2.13 bits per heavy atom. The van der Waals surface area contributed by atoms with Gasteiger partial charge >= 0.3 is 0 Å². The smallest absolute Gasteiger partial charge is 0.136 e. The lowest BCUT2D eigenvalue weighted by molar-refractivity contribution is 0.201. The van der Waals surface area contributed by atoms with E-state index in [4.69, 9.17) is 0 Å². The molecule has 2 nitrogen and oxygen atoms in total. The summed E-state index contributed by atoms with van der Waals surface area (Å²) in [6.45, 7) is 1.12. The minimum absolute atomic E-state index is 0.110. The van der Waals surface area contributed by atoms with E-state index in [0.717, 1.165) is 18.2 Å². The van der Waals surface area contributed by atoms with E-state index in [1.54, 1.807) is 0 Å². The summed E-state index contributed by atoms with van der Waals surface area (Å²) < 4.78 is 26.1. The monoisotopic (exact) mass is 231 g/mol. The van der Waals surface area contributed by atoms with Gasteiger partial charge in [0.1, 0.15) is 11.6 Å². The average molecular weight is 231 g/mol. The van der Waals surface area contributed by atoms with Crippen LogP contribution >= 0.6 is 11.8 Å². The highest BCUT2D eigenvalue weighted by atomic mass is 32.2. The average Bonchev–Trinajstić information content (AvgIpc) is 2.58. The van der Waals surface area contributed by atoms with Crippen molar-refractivity contribution in [2.24, 2.45) is 0 Å². The molecule has 1 saturated heterocycles. The van der Waals surface area contributed by atoms with Gasteiger partial charge in [0.05, 0.1) is 6.10 Å². The van der Waals surface area contributed by atoms with Gasteiger partial charge in [-0.15, -0.1) is 11.8 Å². The predicted octanol–water partition coefficient (Wildman–Crippen LogP) is 1.39. The Kier molecular flexibility index (Phi) is 3.23. The lowest BCUT2D eigenvalue weighted by Crippen LogP contribution is -2.20. The number of hydrogen-bond acceptors (Lipinski definition) is 3. The molecule has 0 spiro atoms. The van der Waals surface area contributed by atoms with E-state index >= 15 is 0 Å². The lowest BCUT2D eigenvalue weighted by Gasteiger charge is -2.13. The third-order valence-corrected chi connectivity index (χ3v) is 3.65. The first-order chi connectivity index (χ1) is 7.16. The molecule has 0 aromatic heterocycles. The minimum atomic E-state index is -0.502. The number of aliphatic hydroxyl groups is 1. The number of nitrogens with one attached hydrogen (secondary N) is 1. The Hall–Kier alpha value is -0.650. The zero-order chi connectivity index (χ0) is 10.8. The summed E-state index contributed by atoms with van der Waals surface area (Å²) in [5.41, 5.74) is 0. The van der Waals surface area contributed by atoms with Crippen molar-refractivity contribution in [3.8, 4) is 0 Å². The van der Waals surface area contributed by atoms with Gasteiger partial charge < -0.3 is 10.4 Å². The Morgan fingerprint density at radius 3 is 2.80 bits per heavy atom. The fraction of sp³-hybridized carbons (Fsp3) is 0.400. The van der Waals surface area contributed by atoms with E-state index in [1.165, 1.54) is 11.8 Å². The number of thioether (sulfide) groups is 1. The summed E-state index contributed by atoms with van der Waals surface area (Å²) in [5, 5.41) is 12.4. The Labute approximate surface area is 90.7 Å². The second-order valence-corrected chi connectivity index (χ2v) is 4.74. The van der Waals surface area contributed by atoms with E-state index in [2.05, 4.69) is 5.32 Å². The quantitative estimate of drug-likeness (QED) is 0.806. The van der Waals surface area contributed by atoms with Crippen LogP contribution in [0.1, 0.15) is 0 Å². The summed E-state index contributed by atoms with van der Waals surface area (Å²) in [6.07, 6.45) is -0.502. The molecule has 2 rings (SSSR count). The zero-order valence-electron chi connectivity index (χ0n) is 7.91. The van der Waals surface area contributed by atoms with Gasteiger partial charge in [-0.25, -0.2) is 8.78 Å². The summed E-state index contributed by atoms with van der Waals surface area (Å²) in [4.78, 5) is 0.253. The second-order valence-electron chi connectivity index (χ2n) is 3.46. The minimum Gasteiger partial charge on any atom is -0.391 e. The van der Waals surface area contributed by atoms with Crippen molar-refractivity contribution in [3.63, 3.8) is 0 Å².